The van der Waals surface area contributed by atoms with Gasteiger partial charge in [0, 0.05) is 5.75 Å². The molecule has 0 aliphatic rings. The number of carboxylic acid groups (broad SMARTS) is 1. The molecule has 0 aliphatic heterocycles. The van der Waals surface area contributed by atoms with Crippen molar-refractivity contribution in [1.82, 2.24) is 16.0 Å². The van der Waals surface area contributed by atoms with Gasteiger partial charge in [-0.3, -0.25) is 14.4 Å². The van der Waals surface area contributed by atoms with Crippen LogP contribution in [0.4, 0.5) is 0 Å². The molecule has 0 bridgehead atoms. The maximum atomic E-state index is 12.6. The average molecular weight is 435 g/mol. The molecule has 10 nitrogen and oxygen atoms in total. The van der Waals surface area contributed by atoms with Gasteiger partial charge in [-0.1, -0.05) is 27.7 Å². The highest BCUT2D eigenvalue weighted by Gasteiger charge is 2.31. The van der Waals surface area contributed by atoms with Crippen LogP contribution in [0.1, 0.15) is 41.0 Å². The molecule has 11 heteroatoms. The van der Waals surface area contributed by atoms with Crippen molar-refractivity contribution in [3.63, 3.8) is 0 Å². The van der Waals surface area contributed by atoms with E-state index in [2.05, 4.69) is 28.6 Å². The van der Waals surface area contributed by atoms with Crippen molar-refractivity contribution in [3.8, 4) is 0 Å². The van der Waals surface area contributed by atoms with E-state index in [0.717, 1.165) is 0 Å². The van der Waals surface area contributed by atoms with Gasteiger partial charge < -0.3 is 31.9 Å². The van der Waals surface area contributed by atoms with E-state index in [1.165, 1.54) is 6.92 Å². The molecule has 0 heterocycles. The second kappa shape index (κ2) is 12.7. The van der Waals surface area contributed by atoms with Crippen LogP contribution in [-0.2, 0) is 19.2 Å². The predicted molar refractivity (Wildman–Crippen MR) is 111 cm³/mol. The Morgan fingerprint density at radius 2 is 1.38 bits per heavy atom. The van der Waals surface area contributed by atoms with Crippen LogP contribution in [0.5, 0.6) is 0 Å². The maximum absolute atomic E-state index is 12.6. The molecule has 0 spiro atoms. The highest BCUT2D eigenvalue weighted by Crippen LogP contribution is 2.08. The maximum Gasteiger partial charge on any atom is 0.326 e. The number of nitrogens with one attached hydrogen (secondary N) is 3. The SMILES string of the molecule is CC(C)CC(NC(=O)C(CS)NC(=O)C(N)C(C)O)C(=O)NC(C(=O)O)C(C)C. The molecule has 0 aromatic heterocycles. The number of carboxylic acids is 1. The summed E-state index contributed by atoms with van der Waals surface area (Å²) in [7, 11) is 0. The van der Waals surface area contributed by atoms with Crippen LogP contribution >= 0.6 is 12.6 Å². The van der Waals surface area contributed by atoms with E-state index in [-0.39, 0.29) is 24.0 Å². The van der Waals surface area contributed by atoms with Crippen LogP contribution in [-0.4, -0.2) is 69.9 Å². The van der Waals surface area contributed by atoms with E-state index in [1.54, 1.807) is 13.8 Å². The molecular weight excluding hydrogens is 400 g/mol. The number of hydrogen-bond donors (Lipinski definition) is 7. The summed E-state index contributed by atoms with van der Waals surface area (Å²) in [5, 5.41) is 26.0. The van der Waals surface area contributed by atoms with Crippen molar-refractivity contribution < 1.29 is 29.4 Å². The predicted octanol–water partition coefficient (Wildman–Crippen LogP) is -1.13. The van der Waals surface area contributed by atoms with Gasteiger partial charge in [0.1, 0.15) is 24.2 Å². The smallest absolute Gasteiger partial charge is 0.326 e. The molecule has 0 aliphatic carbocycles. The van der Waals surface area contributed by atoms with E-state index in [1.807, 2.05) is 13.8 Å². The minimum absolute atomic E-state index is 0.0288. The van der Waals surface area contributed by atoms with Gasteiger partial charge in [-0.2, -0.15) is 12.6 Å². The van der Waals surface area contributed by atoms with Crippen LogP contribution in [0.25, 0.3) is 0 Å². The number of aliphatic hydroxyl groups is 1. The van der Waals surface area contributed by atoms with Gasteiger partial charge in [-0.25, -0.2) is 4.79 Å². The first-order valence-electron chi connectivity index (χ1n) is 9.50. The minimum atomic E-state index is -1.22. The number of carbonyl (C=O) groups excluding carboxylic acids is 3. The largest absolute Gasteiger partial charge is 0.480 e. The number of hydrogen-bond acceptors (Lipinski definition) is 7. The Morgan fingerprint density at radius 3 is 1.76 bits per heavy atom. The highest BCUT2D eigenvalue weighted by molar-refractivity contribution is 7.80. The fraction of sp³-hybridized carbons (Fsp3) is 0.778. The Balaban J connectivity index is 5.28. The zero-order chi connectivity index (χ0) is 22.9. The van der Waals surface area contributed by atoms with Crippen LogP contribution in [0, 0.1) is 11.8 Å². The molecule has 7 N–H and O–H groups in total. The van der Waals surface area contributed by atoms with E-state index in [9.17, 15) is 29.4 Å². The van der Waals surface area contributed by atoms with Crippen LogP contribution in [0.15, 0.2) is 0 Å². The Morgan fingerprint density at radius 1 is 0.897 bits per heavy atom. The molecule has 5 atom stereocenters. The topological polar surface area (TPSA) is 171 Å². The Hall–Kier alpha value is -1.85. The van der Waals surface area contributed by atoms with Gasteiger partial charge in [0.05, 0.1) is 6.10 Å². The minimum Gasteiger partial charge on any atom is -0.480 e. The van der Waals surface area contributed by atoms with E-state index in [4.69, 9.17) is 5.73 Å². The second-order valence-electron chi connectivity index (χ2n) is 7.77. The van der Waals surface area contributed by atoms with Crippen LogP contribution in [0.3, 0.4) is 0 Å². The molecule has 0 radical (unpaired) electrons. The highest BCUT2D eigenvalue weighted by atomic mass is 32.1. The normalized spacial score (nSPS) is 16.5. The Kier molecular flexibility index (Phi) is 11.8. The third-order valence-electron chi connectivity index (χ3n) is 4.21. The fourth-order valence-corrected chi connectivity index (χ4v) is 2.68. The van der Waals surface area contributed by atoms with Gasteiger partial charge in [0.15, 0.2) is 0 Å². The van der Waals surface area contributed by atoms with Gasteiger partial charge in [-0.05, 0) is 25.2 Å². The summed E-state index contributed by atoms with van der Waals surface area (Å²) >= 11 is 4.05. The lowest BCUT2D eigenvalue weighted by atomic mass is 10.00. The molecular formula is C18H34N4O6S. The fourth-order valence-electron chi connectivity index (χ4n) is 2.42. The number of amides is 3. The molecule has 0 rings (SSSR count). The summed E-state index contributed by atoms with van der Waals surface area (Å²) in [5.74, 6) is -3.58. The lowest BCUT2D eigenvalue weighted by Gasteiger charge is -2.26. The summed E-state index contributed by atoms with van der Waals surface area (Å²) in [6, 6.07) is -4.40. The first-order chi connectivity index (χ1) is 13.3. The lowest BCUT2D eigenvalue weighted by molar-refractivity contribution is -0.143. The average Bonchev–Trinajstić information content (AvgIpc) is 2.61. The van der Waals surface area contributed by atoms with Gasteiger partial charge in [0.2, 0.25) is 17.7 Å². The zero-order valence-electron chi connectivity index (χ0n) is 17.5. The van der Waals surface area contributed by atoms with E-state index >= 15 is 0 Å². The van der Waals surface area contributed by atoms with Crippen molar-refractivity contribution in [1.29, 1.82) is 0 Å². The summed E-state index contributed by atoms with van der Waals surface area (Å²) < 4.78 is 0. The number of nitrogens with two attached hydrogens (primary N) is 1. The molecule has 0 aromatic carbocycles. The summed E-state index contributed by atoms with van der Waals surface area (Å²) in [6.45, 7) is 8.36. The molecule has 168 valence electrons. The zero-order valence-corrected chi connectivity index (χ0v) is 18.4. The van der Waals surface area contributed by atoms with Crippen molar-refractivity contribution in [2.24, 2.45) is 17.6 Å². The number of aliphatic carboxylic acids is 1. The van der Waals surface area contributed by atoms with Gasteiger partial charge >= 0.3 is 5.97 Å². The Bertz CT molecular complexity index is 585. The summed E-state index contributed by atoms with van der Waals surface area (Å²) in [4.78, 5) is 48.5. The van der Waals surface area contributed by atoms with Gasteiger partial charge in [0.25, 0.3) is 0 Å². The second-order valence-corrected chi connectivity index (χ2v) is 8.13. The molecule has 0 aromatic rings. The summed E-state index contributed by atoms with van der Waals surface area (Å²) in [6.07, 6.45) is -0.843. The molecule has 0 fully saturated rings. The first-order valence-corrected chi connectivity index (χ1v) is 10.1. The van der Waals surface area contributed by atoms with Crippen molar-refractivity contribution in [2.75, 3.05) is 5.75 Å². The molecule has 3 amide bonds. The Labute approximate surface area is 176 Å². The van der Waals surface area contributed by atoms with Crippen molar-refractivity contribution in [3.05, 3.63) is 0 Å². The van der Waals surface area contributed by atoms with Crippen LogP contribution in [0.2, 0.25) is 0 Å². The number of rotatable bonds is 12. The number of aliphatic hydroxyl groups excluding tert-OH is 1. The third kappa shape index (κ3) is 9.46. The molecule has 5 unspecified atom stereocenters. The molecule has 0 saturated carbocycles. The van der Waals surface area contributed by atoms with Crippen molar-refractivity contribution in [2.45, 2.75) is 71.3 Å². The number of thiol groups is 1. The van der Waals surface area contributed by atoms with Crippen LogP contribution < -0.4 is 21.7 Å². The van der Waals surface area contributed by atoms with Crippen molar-refractivity contribution >= 4 is 36.3 Å². The first kappa shape index (κ1) is 27.1. The molecule has 29 heavy (non-hydrogen) atoms. The van der Waals surface area contributed by atoms with E-state index in [0.29, 0.717) is 0 Å². The standard InChI is InChI=1S/C18H34N4O6S/c1-8(2)6-11(15(24)22-14(9(3)4)18(27)28)20-16(25)12(7-29)21-17(26)13(19)10(5)23/h8-14,23,29H,6-7,19H2,1-5H3,(H,20,25)(H,21,26)(H,22,24)(H,27,28). The van der Waals surface area contributed by atoms with Gasteiger partial charge in [-0.15, -0.1) is 0 Å². The monoisotopic (exact) mass is 434 g/mol. The number of carbonyl (C=O) groups is 4. The third-order valence-corrected chi connectivity index (χ3v) is 4.57. The molecule has 0 saturated heterocycles. The lowest BCUT2D eigenvalue weighted by Crippen LogP contribution is -2.59. The quantitative estimate of drug-likeness (QED) is 0.190. The van der Waals surface area contributed by atoms with E-state index < -0.39 is 54.0 Å². The summed E-state index contributed by atoms with van der Waals surface area (Å²) in [5.41, 5.74) is 5.55.